The number of aromatic nitrogens is 4. The molecule has 4 heterocycles. The number of nitrogens with zero attached hydrogens (tertiary/aromatic N) is 5. The standard InChI is InChI=1S/C23H19F3N6O2/c24-23(25,26)16-5-2-1-4-15(16)17-8-9-20-27-14-18(32(20)30-17)22(33)29-19-6-3-7-21(28-19)31-10-12-34-13-11-31/h1-9,14H,10-13H2,(H,28,29,33). The number of alkyl halides is 3. The zero-order valence-electron chi connectivity index (χ0n) is 17.8. The maximum atomic E-state index is 13.5. The minimum Gasteiger partial charge on any atom is -0.378 e. The van der Waals surface area contributed by atoms with Gasteiger partial charge in [0.05, 0.1) is 30.7 Å². The molecule has 34 heavy (non-hydrogen) atoms. The molecule has 0 spiro atoms. The summed E-state index contributed by atoms with van der Waals surface area (Å²) in [6, 6.07) is 13.4. The van der Waals surface area contributed by atoms with Crippen LogP contribution in [0.5, 0.6) is 0 Å². The highest BCUT2D eigenvalue weighted by atomic mass is 19.4. The number of amides is 1. The summed E-state index contributed by atoms with van der Waals surface area (Å²) in [4.78, 5) is 23.7. The number of carbonyl (C=O) groups is 1. The minimum atomic E-state index is -4.54. The Hall–Kier alpha value is -3.99. The molecule has 0 aliphatic carbocycles. The fraction of sp³-hybridized carbons (Fsp3) is 0.217. The van der Waals surface area contributed by atoms with Gasteiger partial charge in [-0.1, -0.05) is 24.3 Å². The Labute approximate surface area is 192 Å². The second kappa shape index (κ2) is 8.75. The normalized spacial score (nSPS) is 14.4. The number of hydrogen-bond donors (Lipinski definition) is 1. The van der Waals surface area contributed by atoms with Crippen molar-refractivity contribution < 1.29 is 22.7 Å². The summed E-state index contributed by atoms with van der Waals surface area (Å²) in [5, 5.41) is 7.01. The number of pyridine rings is 1. The molecule has 0 atom stereocenters. The van der Waals surface area contributed by atoms with Crippen molar-refractivity contribution in [1.29, 1.82) is 0 Å². The van der Waals surface area contributed by atoms with Crippen molar-refractivity contribution in [3.05, 3.63) is 72.1 Å². The zero-order valence-corrected chi connectivity index (χ0v) is 17.8. The number of morpholine rings is 1. The summed E-state index contributed by atoms with van der Waals surface area (Å²) in [5.41, 5.74) is -0.429. The van der Waals surface area contributed by atoms with E-state index in [1.807, 2.05) is 6.07 Å². The quantitative estimate of drug-likeness (QED) is 0.489. The topological polar surface area (TPSA) is 84.7 Å². The number of carbonyl (C=O) groups excluding carboxylic acids is 1. The van der Waals surface area contributed by atoms with Gasteiger partial charge in [0, 0.05) is 18.7 Å². The van der Waals surface area contributed by atoms with Crippen LogP contribution in [0.2, 0.25) is 0 Å². The summed E-state index contributed by atoms with van der Waals surface area (Å²) < 4.78 is 47.0. The predicted octanol–water partition coefficient (Wildman–Crippen LogP) is 3.90. The number of fused-ring (bicyclic) bond motifs is 1. The maximum Gasteiger partial charge on any atom is 0.417 e. The van der Waals surface area contributed by atoms with Gasteiger partial charge >= 0.3 is 6.18 Å². The molecule has 3 aromatic heterocycles. The number of benzene rings is 1. The molecular weight excluding hydrogens is 449 g/mol. The molecule has 1 fully saturated rings. The molecule has 4 aromatic rings. The van der Waals surface area contributed by atoms with Gasteiger partial charge in [-0.3, -0.25) is 4.79 Å². The molecule has 5 rings (SSSR count). The van der Waals surface area contributed by atoms with Crippen molar-refractivity contribution in [2.45, 2.75) is 6.18 Å². The van der Waals surface area contributed by atoms with Crippen LogP contribution in [0.3, 0.4) is 0 Å². The molecule has 8 nitrogen and oxygen atoms in total. The molecule has 0 saturated carbocycles. The number of ether oxygens (including phenoxy) is 1. The molecule has 1 saturated heterocycles. The van der Waals surface area contributed by atoms with E-state index in [0.29, 0.717) is 43.6 Å². The number of anilines is 2. The minimum absolute atomic E-state index is 0.0694. The van der Waals surface area contributed by atoms with Crippen LogP contribution >= 0.6 is 0 Å². The summed E-state index contributed by atoms with van der Waals surface area (Å²) in [5.74, 6) is 0.513. The van der Waals surface area contributed by atoms with Crippen LogP contribution < -0.4 is 10.2 Å². The van der Waals surface area contributed by atoms with Crippen molar-refractivity contribution >= 4 is 23.2 Å². The predicted molar refractivity (Wildman–Crippen MR) is 119 cm³/mol. The molecule has 1 aliphatic heterocycles. The largest absolute Gasteiger partial charge is 0.417 e. The van der Waals surface area contributed by atoms with Gasteiger partial charge in [-0.15, -0.1) is 0 Å². The second-order valence-electron chi connectivity index (χ2n) is 7.61. The lowest BCUT2D eigenvalue weighted by Crippen LogP contribution is -2.36. The van der Waals surface area contributed by atoms with Crippen LogP contribution in [0.15, 0.2) is 60.8 Å². The molecular formula is C23H19F3N6O2. The van der Waals surface area contributed by atoms with Crippen molar-refractivity contribution in [3.63, 3.8) is 0 Å². The van der Waals surface area contributed by atoms with E-state index in [-0.39, 0.29) is 17.0 Å². The lowest BCUT2D eigenvalue weighted by molar-refractivity contribution is -0.137. The van der Waals surface area contributed by atoms with Crippen LogP contribution in [0, 0.1) is 0 Å². The van der Waals surface area contributed by atoms with Crippen LogP contribution in [-0.2, 0) is 10.9 Å². The highest BCUT2D eigenvalue weighted by molar-refractivity contribution is 6.03. The highest BCUT2D eigenvalue weighted by Gasteiger charge is 2.33. The lowest BCUT2D eigenvalue weighted by Gasteiger charge is -2.27. The number of hydrogen-bond acceptors (Lipinski definition) is 6. The average Bonchev–Trinajstić information content (AvgIpc) is 3.28. The van der Waals surface area contributed by atoms with Gasteiger partial charge in [-0.2, -0.15) is 18.3 Å². The molecule has 0 unspecified atom stereocenters. The zero-order chi connectivity index (χ0) is 23.7. The Morgan fingerprint density at radius 2 is 1.79 bits per heavy atom. The van der Waals surface area contributed by atoms with E-state index < -0.39 is 17.6 Å². The highest BCUT2D eigenvalue weighted by Crippen LogP contribution is 2.36. The second-order valence-corrected chi connectivity index (χ2v) is 7.61. The van der Waals surface area contributed by atoms with E-state index in [1.54, 1.807) is 12.1 Å². The van der Waals surface area contributed by atoms with Gasteiger partial charge in [0.2, 0.25) is 0 Å². The van der Waals surface area contributed by atoms with E-state index in [9.17, 15) is 18.0 Å². The lowest BCUT2D eigenvalue weighted by atomic mass is 10.0. The van der Waals surface area contributed by atoms with Gasteiger partial charge in [-0.05, 0) is 30.3 Å². The van der Waals surface area contributed by atoms with E-state index in [4.69, 9.17) is 4.74 Å². The Balaban J connectivity index is 1.45. The molecule has 174 valence electrons. The van der Waals surface area contributed by atoms with Gasteiger partial charge < -0.3 is 15.0 Å². The van der Waals surface area contributed by atoms with Crippen molar-refractivity contribution in [1.82, 2.24) is 19.6 Å². The fourth-order valence-electron chi connectivity index (χ4n) is 3.77. The Morgan fingerprint density at radius 3 is 2.59 bits per heavy atom. The summed E-state index contributed by atoms with van der Waals surface area (Å²) in [6.07, 6.45) is -3.22. The molecule has 0 radical (unpaired) electrons. The smallest absolute Gasteiger partial charge is 0.378 e. The average molecular weight is 468 g/mol. The molecule has 11 heteroatoms. The van der Waals surface area contributed by atoms with Crippen LogP contribution in [-0.4, -0.2) is 51.8 Å². The van der Waals surface area contributed by atoms with E-state index in [0.717, 1.165) is 6.07 Å². The van der Waals surface area contributed by atoms with Gasteiger partial charge in [0.15, 0.2) is 11.3 Å². The van der Waals surface area contributed by atoms with Crippen LogP contribution in [0.4, 0.5) is 24.8 Å². The number of rotatable bonds is 4. The first-order valence-electron chi connectivity index (χ1n) is 10.5. The third-order valence-electron chi connectivity index (χ3n) is 5.41. The van der Waals surface area contributed by atoms with Gasteiger partial charge in [0.25, 0.3) is 5.91 Å². The third kappa shape index (κ3) is 4.29. The fourth-order valence-corrected chi connectivity index (χ4v) is 3.77. The Bertz CT molecular complexity index is 1350. The van der Waals surface area contributed by atoms with Gasteiger partial charge in [0.1, 0.15) is 11.6 Å². The SMILES string of the molecule is O=C(Nc1cccc(N2CCOCC2)n1)c1cnc2ccc(-c3ccccc3C(F)(F)F)nn12. The van der Waals surface area contributed by atoms with Crippen LogP contribution in [0.1, 0.15) is 16.1 Å². The monoisotopic (exact) mass is 468 g/mol. The first kappa shape index (κ1) is 21.8. The summed E-state index contributed by atoms with van der Waals surface area (Å²) in [7, 11) is 0. The first-order valence-corrected chi connectivity index (χ1v) is 10.5. The van der Waals surface area contributed by atoms with E-state index in [2.05, 4.69) is 25.3 Å². The first-order chi connectivity index (χ1) is 16.4. The van der Waals surface area contributed by atoms with Crippen molar-refractivity contribution in [2.24, 2.45) is 0 Å². The van der Waals surface area contributed by atoms with Gasteiger partial charge in [-0.25, -0.2) is 14.5 Å². The number of nitrogens with one attached hydrogen (secondary N) is 1. The summed E-state index contributed by atoms with van der Waals surface area (Å²) >= 11 is 0. The van der Waals surface area contributed by atoms with Crippen LogP contribution in [0.25, 0.3) is 16.9 Å². The van der Waals surface area contributed by atoms with Crippen molar-refractivity contribution in [2.75, 3.05) is 36.5 Å². The van der Waals surface area contributed by atoms with Crippen molar-refractivity contribution in [3.8, 4) is 11.3 Å². The molecule has 1 N–H and O–H groups in total. The van der Waals surface area contributed by atoms with E-state index in [1.165, 1.54) is 41.0 Å². The van der Waals surface area contributed by atoms with E-state index >= 15 is 0 Å². The summed E-state index contributed by atoms with van der Waals surface area (Å²) in [6.45, 7) is 2.60. The number of imidazole rings is 1. The third-order valence-corrected chi connectivity index (χ3v) is 5.41. The molecule has 1 amide bonds. The molecule has 0 bridgehead atoms. The Morgan fingerprint density at radius 1 is 1.00 bits per heavy atom. The maximum absolute atomic E-state index is 13.5. The molecule has 1 aromatic carbocycles. The number of halogens is 3. The Kier molecular flexibility index (Phi) is 5.62. The molecule has 1 aliphatic rings.